The van der Waals surface area contributed by atoms with Crippen LogP contribution in [0.5, 0.6) is 0 Å². The van der Waals surface area contributed by atoms with E-state index in [9.17, 15) is 9.59 Å². The van der Waals surface area contributed by atoms with Crippen molar-refractivity contribution in [2.45, 2.75) is 65.5 Å². The first kappa shape index (κ1) is 18.1. The Kier molecular flexibility index (Phi) is 4.70. The lowest BCUT2D eigenvalue weighted by atomic mass is 9.96. The number of aromatic nitrogens is 2. The van der Waals surface area contributed by atoms with E-state index in [2.05, 4.69) is 42.5 Å². The summed E-state index contributed by atoms with van der Waals surface area (Å²) in [7, 11) is 0. The lowest BCUT2D eigenvalue weighted by Crippen LogP contribution is -2.45. The van der Waals surface area contributed by atoms with Gasteiger partial charge in [-0.05, 0) is 62.3 Å². The van der Waals surface area contributed by atoms with E-state index in [-0.39, 0.29) is 23.4 Å². The molecule has 2 aromatic heterocycles. The molecule has 1 N–H and O–H groups in total. The van der Waals surface area contributed by atoms with Crippen LogP contribution in [0.1, 0.15) is 72.2 Å². The fraction of sp³-hybridized carbons (Fsp3) is 0.545. The number of aromatic amines is 1. The second kappa shape index (κ2) is 7.02. The number of fused-ring (bicyclic) bond motifs is 2. The lowest BCUT2D eigenvalue weighted by Gasteiger charge is -2.39. The summed E-state index contributed by atoms with van der Waals surface area (Å²) in [5.74, 6) is 0.148. The number of nitrogens with zero attached hydrogens (tertiary/aromatic N) is 2. The lowest BCUT2D eigenvalue weighted by molar-refractivity contribution is 0.0553. The van der Waals surface area contributed by atoms with E-state index in [4.69, 9.17) is 0 Å². The Morgan fingerprint density at radius 1 is 1.15 bits per heavy atom. The maximum absolute atomic E-state index is 13.4. The van der Waals surface area contributed by atoms with Crippen LogP contribution in [0.25, 0.3) is 0 Å². The monoisotopic (exact) mass is 367 g/mol. The fourth-order valence-electron chi connectivity index (χ4n) is 4.75. The van der Waals surface area contributed by atoms with Crippen LogP contribution in [0.15, 0.2) is 23.0 Å². The van der Waals surface area contributed by atoms with Gasteiger partial charge in [0, 0.05) is 30.2 Å². The van der Waals surface area contributed by atoms with E-state index in [0.29, 0.717) is 12.1 Å². The van der Waals surface area contributed by atoms with Gasteiger partial charge in [0.25, 0.3) is 11.5 Å². The number of amides is 1. The third kappa shape index (κ3) is 3.13. The molecule has 0 saturated carbocycles. The van der Waals surface area contributed by atoms with Crippen molar-refractivity contribution in [1.82, 2.24) is 14.5 Å². The second-order valence-electron chi connectivity index (χ2n) is 8.32. The predicted octanol–water partition coefficient (Wildman–Crippen LogP) is 3.61. The summed E-state index contributed by atoms with van der Waals surface area (Å²) in [5.41, 5.74) is 4.64. The van der Waals surface area contributed by atoms with Crippen molar-refractivity contribution in [1.29, 1.82) is 0 Å². The summed E-state index contributed by atoms with van der Waals surface area (Å²) in [5, 5.41) is 0. The Labute approximate surface area is 160 Å². The molecule has 1 atom stereocenters. The summed E-state index contributed by atoms with van der Waals surface area (Å²) >= 11 is 0. The molecule has 2 aliphatic rings. The van der Waals surface area contributed by atoms with Gasteiger partial charge < -0.3 is 14.5 Å². The normalized spacial score (nSPS) is 19.6. The van der Waals surface area contributed by atoms with Crippen molar-refractivity contribution < 1.29 is 4.79 Å². The van der Waals surface area contributed by atoms with Crippen LogP contribution >= 0.6 is 0 Å². The first-order valence-electron chi connectivity index (χ1n) is 10.2. The largest absolute Gasteiger partial charge is 0.345 e. The summed E-state index contributed by atoms with van der Waals surface area (Å²) in [6.07, 6.45) is 5.26. The minimum atomic E-state index is -0.236. The number of aryl methyl sites for hydroxylation is 3. The smallest absolute Gasteiger partial charge is 0.261 e. The van der Waals surface area contributed by atoms with Gasteiger partial charge in [0.15, 0.2) is 0 Å². The van der Waals surface area contributed by atoms with Crippen molar-refractivity contribution in [3.8, 4) is 0 Å². The zero-order valence-electron chi connectivity index (χ0n) is 16.5. The van der Waals surface area contributed by atoms with Crippen LogP contribution in [-0.4, -0.2) is 26.9 Å². The number of rotatable bonds is 2. The number of carbonyl (C=O) groups is 1. The average Bonchev–Trinajstić information content (AvgIpc) is 2.87. The molecule has 1 aliphatic carbocycles. The highest BCUT2D eigenvalue weighted by atomic mass is 16.2. The fourth-order valence-corrected chi connectivity index (χ4v) is 4.75. The second-order valence-corrected chi connectivity index (χ2v) is 8.32. The number of nitrogens with one attached hydrogen (secondary N) is 1. The molecule has 144 valence electrons. The zero-order valence-corrected chi connectivity index (χ0v) is 16.5. The van der Waals surface area contributed by atoms with Crippen molar-refractivity contribution >= 4 is 5.91 Å². The molecule has 0 fully saturated rings. The van der Waals surface area contributed by atoms with Gasteiger partial charge in [0.2, 0.25) is 0 Å². The maximum atomic E-state index is 13.4. The minimum absolute atomic E-state index is 0.00170. The molecule has 0 aromatic carbocycles. The third-order valence-electron chi connectivity index (χ3n) is 6.15. The standard InChI is InChI=1S/C22H29N3O2/c1-14(2)20-19-10-9-15(3)24(19)11-12-25(20)22(27)17-13-16-7-5-4-6-8-18(16)23-21(17)26/h9-10,13-14,20H,4-8,11-12H2,1-3H3,(H,23,26). The SMILES string of the molecule is Cc1ccc2n1CCN(C(=O)c1cc3c([nH]c1=O)CCCCC3)C2C(C)C. The molecule has 5 nitrogen and oxygen atoms in total. The molecule has 0 bridgehead atoms. The molecular formula is C22H29N3O2. The zero-order chi connectivity index (χ0) is 19.1. The molecule has 0 saturated heterocycles. The van der Waals surface area contributed by atoms with Gasteiger partial charge in [0.1, 0.15) is 5.56 Å². The molecule has 1 amide bonds. The average molecular weight is 367 g/mol. The van der Waals surface area contributed by atoms with Crippen molar-refractivity contribution in [3.63, 3.8) is 0 Å². The van der Waals surface area contributed by atoms with Crippen molar-refractivity contribution in [2.75, 3.05) is 6.54 Å². The number of pyridine rings is 1. The van der Waals surface area contributed by atoms with Gasteiger partial charge in [-0.1, -0.05) is 20.3 Å². The Hall–Kier alpha value is -2.30. The summed E-state index contributed by atoms with van der Waals surface area (Å²) in [6, 6.07) is 6.12. The molecular weight excluding hydrogens is 338 g/mol. The topological polar surface area (TPSA) is 58.1 Å². The van der Waals surface area contributed by atoms with E-state index < -0.39 is 0 Å². The first-order valence-corrected chi connectivity index (χ1v) is 10.2. The molecule has 4 rings (SSSR count). The van der Waals surface area contributed by atoms with Crippen LogP contribution < -0.4 is 5.56 Å². The maximum Gasteiger partial charge on any atom is 0.261 e. The van der Waals surface area contributed by atoms with E-state index >= 15 is 0 Å². The number of H-pyrrole nitrogens is 1. The van der Waals surface area contributed by atoms with Crippen molar-refractivity contribution in [3.05, 3.63) is 56.8 Å². The highest BCUT2D eigenvalue weighted by molar-refractivity contribution is 5.94. The molecule has 27 heavy (non-hydrogen) atoms. The van der Waals surface area contributed by atoms with Gasteiger partial charge in [-0.3, -0.25) is 9.59 Å². The van der Waals surface area contributed by atoms with Gasteiger partial charge in [-0.25, -0.2) is 0 Å². The minimum Gasteiger partial charge on any atom is -0.345 e. The van der Waals surface area contributed by atoms with Gasteiger partial charge >= 0.3 is 0 Å². The van der Waals surface area contributed by atoms with Gasteiger partial charge in [0.05, 0.1) is 6.04 Å². The first-order chi connectivity index (χ1) is 13.0. The molecule has 5 heteroatoms. The summed E-state index contributed by atoms with van der Waals surface area (Å²) < 4.78 is 2.30. The van der Waals surface area contributed by atoms with E-state index in [1.807, 2.05) is 11.0 Å². The Morgan fingerprint density at radius 2 is 1.93 bits per heavy atom. The molecule has 2 aromatic rings. The predicted molar refractivity (Wildman–Crippen MR) is 106 cm³/mol. The highest BCUT2D eigenvalue weighted by Gasteiger charge is 2.35. The highest BCUT2D eigenvalue weighted by Crippen LogP contribution is 2.34. The van der Waals surface area contributed by atoms with Crippen LogP contribution in [0.4, 0.5) is 0 Å². The van der Waals surface area contributed by atoms with Crippen LogP contribution in [0.3, 0.4) is 0 Å². The van der Waals surface area contributed by atoms with Crippen molar-refractivity contribution in [2.24, 2.45) is 5.92 Å². The number of hydrogen-bond donors (Lipinski definition) is 1. The van der Waals surface area contributed by atoms with E-state index in [1.54, 1.807) is 0 Å². The van der Waals surface area contributed by atoms with Gasteiger partial charge in [-0.2, -0.15) is 0 Å². The molecule has 0 radical (unpaired) electrons. The number of hydrogen-bond acceptors (Lipinski definition) is 2. The summed E-state index contributed by atoms with van der Waals surface area (Å²) in [4.78, 5) is 31.1. The molecule has 3 heterocycles. The Bertz CT molecular complexity index is 922. The van der Waals surface area contributed by atoms with Gasteiger partial charge in [-0.15, -0.1) is 0 Å². The number of carbonyl (C=O) groups excluding carboxylic acids is 1. The van der Waals surface area contributed by atoms with Crippen LogP contribution in [0.2, 0.25) is 0 Å². The van der Waals surface area contributed by atoms with Crippen LogP contribution in [0, 0.1) is 12.8 Å². The quantitative estimate of drug-likeness (QED) is 0.825. The third-order valence-corrected chi connectivity index (χ3v) is 6.15. The summed E-state index contributed by atoms with van der Waals surface area (Å²) in [6.45, 7) is 7.82. The van der Waals surface area contributed by atoms with E-state index in [1.165, 1.54) is 17.8 Å². The molecule has 1 unspecified atom stereocenters. The molecule has 1 aliphatic heterocycles. The van der Waals surface area contributed by atoms with E-state index in [0.717, 1.165) is 43.5 Å². The van der Waals surface area contributed by atoms with Crippen LogP contribution in [-0.2, 0) is 19.4 Å². The molecule has 0 spiro atoms. The Morgan fingerprint density at radius 3 is 2.70 bits per heavy atom. The Balaban J connectivity index is 1.72.